The number of imidazole rings is 1. The van der Waals surface area contributed by atoms with Crippen LogP contribution in [0.2, 0.25) is 0 Å². The van der Waals surface area contributed by atoms with E-state index in [2.05, 4.69) is 24.0 Å². The van der Waals surface area contributed by atoms with E-state index in [0.717, 1.165) is 18.7 Å². The lowest BCUT2D eigenvalue weighted by molar-refractivity contribution is 0.629. The second-order valence-electron chi connectivity index (χ2n) is 4.05. The average Bonchev–Trinajstić information content (AvgIpc) is 2.84. The van der Waals surface area contributed by atoms with E-state index >= 15 is 0 Å². The second kappa shape index (κ2) is 4.80. The highest BCUT2D eigenvalue weighted by atomic mass is 32.1. The molecule has 86 valence electrons. The fourth-order valence-electron chi connectivity index (χ4n) is 1.72. The van der Waals surface area contributed by atoms with Gasteiger partial charge < -0.3 is 10.3 Å². The summed E-state index contributed by atoms with van der Waals surface area (Å²) in [5.74, 6) is 1.10. The molecule has 2 aromatic rings. The summed E-state index contributed by atoms with van der Waals surface area (Å²) in [6, 6.07) is 4.39. The van der Waals surface area contributed by atoms with Gasteiger partial charge in [0.15, 0.2) is 0 Å². The number of nitrogens with zero attached hydrogens (tertiary/aromatic N) is 2. The van der Waals surface area contributed by atoms with Crippen molar-refractivity contribution in [3.63, 3.8) is 0 Å². The Hall–Kier alpha value is -1.13. The third-order valence-corrected chi connectivity index (χ3v) is 3.86. The van der Waals surface area contributed by atoms with Crippen molar-refractivity contribution in [3.8, 4) is 0 Å². The highest BCUT2D eigenvalue weighted by molar-refractivity contribution is 7.12. The van der Waals surface area contributed by atoms with Gasteiger partial charge in [-0.3, -0.25) is 0 Å². The second-order valence-corrected chi connectivity index (χ2v) is 5.37. The van der Waals surface area contributed by atoms with E-state index in [9.17, 15) is 0 Å². The van der Waals surface area contributed by atoms with E-state index < -0.39 is 0 Å². The monoisotopic (exact) mass is 235 g/mol. The molecule has 1 unspecified atom stereocenters. The molecule has 0 spiro atoms. The quantitative estimate of drug-likeness (QED) is 0.884. The van der Waals surface area contributed by atoms with Crippen molar-refractivity contribution in [2.75, 3.05) is 0 Å². The Morgan fingerprint density at radius 3 is 2.88 bits per heavy atom. The highest BCUT2D eigenvalue weighted by Gasteiger charge is 2.09. The van der Waals surface area contributed by atoms with Gasteiger partial charge in [-0.15, -0.1) is 11.3 Å². The Balaban J connectivity index is 1.93. The molecule has 4 heteroatoms. The molecule has 0 fully saturated rings. The van der Waals surface area contributed by atoms with Crippen molar-refractivity contribution in [2.24, 2.45) is 12.8 Å². The lowest BCUT2D eigenvalue weighted by atomic mass is 10.1. The first kappa shape index (κ1) is 11.4. The van der Waals surface area contributed by atoms with E-state index in [4.69, 9.17) is 5.73 Å². The molecule has 0 saturated carbocycles. The fraction of sp³-hybridized carbons (Fsp3) is 0.417. The number of hydrogen-bond donors (Lipinski definition) is 1. The Morgan fingerprint density at radius 2 is 2.31 bits per heavy atom. The van der Waals surface area contributed by atoms with E-state index in [-0.39, 0.29) is 6.04 Å². The summed E-state index contributed by atoms with van der Waals surface area (Å²) >= 11 is 1.79. The van der Waals surface area contributed by atoms with Crippen molar-refractivity contribution in [2.45, 2.75) is 25.8 Å². The van der Waals surface area contributed by atoms with E-state index in [0.29, 0.717) is 0 Å². The van der Waals surface area contributed by atoms with Crippen molar-refractivity contribution >= 4 is 11.3 Å². The molecule has 2 heterocycles. The van der Waals surface area contributed by atoms with Crippen LogP contribution >= 0.6 is 11.3 Å². The molecule has 0 aliphatic rings. The maximum Gasteiger partial charge on any atom is 0.108 e. The lowest BCUT2D eigenvalue weighted by Crippen LogP contribution is -2.11. The van der Waals surface area contributed by atoms with Crippen molar-refractivity contribution < 1.29 is 0 Å². The first-order chi connectivity index (χ1) is 7.66. The van der Waals surface area contributed by atoms with Crippen LogP contribution in [0.15, 0.2) is 24.5 Å². The largest absolute Gasteiger partial charge is 0.338 e. The Kier molecular flexibility index (Phi) is 3.41. The summed E-state index contributed by atoms with van der Waals surface area (Å²) in [7, 11) is 2.02. The smallest absolute Gasteiger partial charge is 0.108 e. The van der Waals surface area contributed by atoms with E-state index in [1.807, 2.05) is 24.0 Å². The normalized spacial score (nSPS) is 12.9. The predicted octanol–water partition coefficient (Wildman–Crippen LogP) is 2.42. The van der Waals surface area contributed by atoms with Crippen LogP contribution in [-0.4, -0.2) is 9.55 Å². The van der Waals surface area contributed by atoms with Crippen LogP contribution in [0.4, 0.5) is 0 Å². The van der Waals surface area contributed by atoms with Crippen LogP contribution in [0.3, 0.4) is 0 Å². The molecule has 0 radical (unpaired) electrons. The third-order valence-electron chi connectivity index (χ3n) is 2.73. The van der Waals surface area contributed by atoms with Gasteiger partial charge in [-0.2, -0.15) is 0 Å². The molecule has 0 amide bonds. The topological polar surface area (TPSA) is 43.8 Å². The Labute approximate surface area is 99.9 Å². The molecule has 0 aliphatic carbocycles. The summed E-state index contributed by atoms with van der Waals surface area (Å²) in [5.41, 5.74) is 6.15. The summed E-state index contributed by atoms with van der Waals surface area (Å²) in [5, 5.41) is 0. The molecule has 16 heavy (non-hydrogen) atoms. The van der Waals surface area contributed by atoms with Crippen molar-refractivity contribution in [1.29, 1.82) is 0 Å². The molecule has 0 saturated heterocycles. The minimum atomic E-state index is 0.135. The van der Waals surface area contributed by atoms with Gasteiger partial charge in [0.2, 0.25) is 0 Å². The number of rotatable bonds is 4. The third kappa shape index (κ3) is 2.51. The zero-order valence-corrected chi connectivity index (χ0v) is 10.5. The summed E-state index contributed by atoms with van der Waals surface area (Å²) in [6.45, 7) is 2.11. The molecule has 2 rings (SSSR count). The van der Waals surface area contributed by atoms with Gasteiger partial charge in [-0.25, -0.2) is 4.98 Å². The number of aryl methyl sites for hydroxylation is 3. The zero-order chi connectivity index (χ0) is 11.5. The minimum absolute atomic E-state index is 0.135. The predicted molar refractivity (Wildman–Crippen MR) is 67.5 cm³/mol. The van der Waals surface area contributed by atoms with Crippen LogP contribution in [0.25, 0.3) is 0 Å². The SMILES string of the molecule is Cc1ccc(C(N)CCc2nccn2C)s1. The lowest BCUT2D eigenvalue weighted by Gasteiger charge is -2.09. The van der Waals surface area contributed by atoms with Gasteiger partial charge in [-0.1, -0.05) is 0 Å². The summed E-state index contributed by atoms with van der Waals surface area (Å²) in [4.78, 5) is 6.89. The number of nitrogens with two attached hydrogens (primary N) is 1. The van der Waals surface area contributed by atoms with Gasteiger partial charge in [0.25, 0.3) is 0 Å². The molecule has 1 atom stereocenters. The first-order valence-corrected chi connectivity index (χ1v) is 6.26. The standard InChI is InChI=1S/C12H17N3S/c1-9-3-5-11(16-9)10(13)4-6-12-14-7-8-15(12)2/h3,5,7-8,10H,4,6,13H2,1-2H3. The summed E-state index contributed by atoms with van der Waals surface area (Å²) < 4.78 is 2.05. The van der Waals surface area contributed by atoms with Crippen LogP contribution in [-0.2, 0) is 13.5 Å². The Bertz CT molecular complexity index is 458. The molecule has 2 aromatic heterocycles. The van der Waals surface area contributed by atoms with Gasteiger partial charge in [0.1, 0.15) is 5.82 Å². The van der Waals surface area contributed by atoms with E-state index in [1.165, 1.54) is 9.75 Å². The van der Waals surface area contributed by atoms with Crippen molar-refractivity contribution in [3.05, 3.63) is 40.1 Å². The van der Waals surface area contributed by atoms with Crippen molar-refractivity contribution in [1.82, 2.24) is 9.55 Å². The van der Waals surface area contributed by atoms with Gasteiger partial charge in [0.05, 0.1) is 0 Å². The van der Waals surface area contributed by atoms with Crippen LogP contribution < -0.4 is 5.73 Å². The number of hydrogen-bond acceptors (Lipinski definition) is 3. The Morgan fingerprint density at radius 1 is 1.50 bits per heavy atom. The molecule has 3 nitrogen and oxygen atoms in total. The average molecular weight is 235 g/mol. The molecule has 0 aromatic carbocycles. The van der Waals surface area contributed by atoms with E-state index in [1.54, 1.807) is 11.3 Å². The maximum atomic E-state index is 6.15. The minimum Gasteiger partial charge on any atom is -0.338 e. The molecule has 2 N–H and O–H groups in total. The zero-order valence-electron chi connectivity index (χ0n) is 9.68. The van der Waals surface area contributed by atoms with Crippen LogP contribution in [0, 0.1) is 6.92 Å². The number of aromatic nitrogens is 2. The molecule has 0 bridgehead atoms. The molecular weight excluding hydrogens is 218 g/mol. The first-order valence-electron chi connectivity index (χ1n) is 5.45. The fourth-order valence-corrected chi connectivity index (χ4v) is 2.63. The summed E-state index contributed by atoms with van der Waals surface area (Å²) in [6.07, 6.45) is 5.68. The number of thiophene rings is 1. The maximum absolute atomic E-state index is 6.15. The van der Waals surface area contributed by atoms with Gasteiger partial charge in [0, 0.05) is 41.7 Å². The highest BCUT2D eigenvalue weighted by Crippen LogP contribution is 2.24. The van der Waals surface area contributed by atoms with Gasteiger partial charge >= 0.3 is 0 Å². The van der Waals surface area contributed by atoms with Crippen LogP contribution in [0.5, 0.6) is 0 Å². The van der Waals surface area contributed by atoms with Crippen LogP contribution in [0.1, 0.15) is 28.0 Å². The molecular formula is C12H17N3S. The molecule has 0 aliphatic heterocycles. The van der Waals surface area contributed by atoms with Gasteiger partial charge in [-0.05, 0) is 25.5 Å².